The number of allylic oxidation sites excluding steroid dienone is 1. The summed E-state index contributed by atoms with van der Waals surface area (Å²) in [5, 5.41) is 8.26. The average Bonchev–Trinajstić information content (AvgIpc) is 3.44. The molecular formula is C30H37Cl2N7O4. The number of pyridine rings is 1. The van der Waals surface area contributed by atoms with Gasteiger partial charge in [-0.15, -0.1) is 0 Å². The Hall–Kier alpha value is -3.22. The number of nitrogens with one attached hydrogen (secondary N) is 2. The van der Waals surface area contributed by atoms with Crippen LogP contribution >= 0.6 is 23.2 Å². The van der Waals surface area contributed by atoms with Crippen molar-refractivity contribution in [1.82, 2.24) is 24.8 Å². The number of ether oxygens (including phenoxy) is 3. The van der Waals surface area contributed by atoms with Gasteiger partial charge in [0.15, 0.2) is 11.6 Å². The molecule has 0 saturated carbocycles. The fraction of sp³-hybridized carbons (Fsp3) is 0.467. The maximum Gasteiger partial charge on any atom is 0.223 e. The van der Waals surface area contributed by atoms with E-state index in [1.165, 1.54) is 20.3 Å². The Morgan fingerprint density at radius 2 is 1.84 bits per heavy atom. The second kappa shape index (κ2) is 14.0. The van der Waals surface area contributed by atoms with E-state index in [9.17, 15) is 4.79 Å². The van der Waals surface area contributed by atoms with Crippen molar-refractivity contribution < 1.29 is 19.0 Å². The SMILES string of the molecule is C=CC(=O)C[C@H]1COC[C@H]1Nc1ncc2cc(-c3c(Cl)c(OC)cc(OC)c3Cl)nc(NCCN3CCN(C)CC3)c2n1. The highest BCUT2D eigenvalue weighted by molar-refractivity contribution is 6.41. The zero-order valence-electron chi connectivity index (χ0n) is 24.7. The molecule has 13 heteroatoms. The van der Waals surface area contributed by atoms with Gasteiger partial charge in [0.25, 0.3) is 0 Å². The average molecular weight is 631 g/mol. The molecule has 5 rings (SSSR count). The normalized spacial score (nSPS) is 19.4. The molecule has 2 aliphatic rings. The molecule has 2 N–H and O–H groups in total. The van der Waals surface area contributed by atoms with E-state index in [1.807, 2.05) is 6.07 Å². The highest BCUT2D eigenvalue weighted by Gasteiger charge is 2.30. The number of hydrogen-bond donors (Lipinski definition) is 2. The molecule has 0 aliphatic carbocycles. The van der Waals surface area contributed by atoms with Gasteiger partial charge in [-0.05, 0) is 19.2 Å². The monoisotopic (exact) mass is 629 g/mol. The number of aromatic nitrogens is 3. The van der Waals surface area contributed by atoms with E-state index in [0.717, 1.165) is 38.1 Å². The molecule has 11 nitrogen and oxygen atoms in total. The largest absolute Gasteiger partial charge is 0.495 e. The van der Waals surface area contributed by atoms with Gasteiger partial charge in [0.2, 0.25) is 5.95 Å². The van der Waals surface area contributed by atoms with Gasteiger partial charge in [0.1, 0.15) is 17.0 Å². The smallest absolute Gasteiger partial charge is 0.223 e. The number of rotatable bonds is 12. The number of benzene rings is 1. The van der Waals surface area contributed by atoms with E-state index < -0.39 is 0 Å². The summed E-state index contributed by atoms with van der Waals surface area (Å²) < 4.78 is 16.6. The molecule has 0 spiro atoms. The van der Waals surface area contributed by atoms with Crippen LogP contribution in [-0.2, 0) is 9.53 Å². The van der Waals surface area contributed by atoms with Gasteiger partial charge in [-0.2, -0.15) is 0 Å². The second-order valence-electron chi connectivity index (χ2n) is 10.8. The lowest BCUT2D eigenvalue weighted by Gasteiger charge is -2.32. The summed E-state index contributed by atoms with van der Waals surface area (Å²) in [6, 6.07) is 3.39. The van der Waals surface area contributed by atoms with Crippen LogP contribution in [-0.4, -0.2) is 110 Å². The molecule has 2 aliphatic heterocycles. The number of halogens is 2. The van der Waals surface area contributed by atoms with Crippen molar-refractivity contribution in [3.05, 3.63) is 41.0 Å². The van der Waals surface area contributed by atoms with Gasteiger partial charge in [0.05, 0.1) is 49.2 Å². The number of methoxy groups -OCH3 is 2. The van der Waals surface area contributed by atoms with Crippen LogP contribution in [0.5, 0.6) is 11.5 Å². The predicted octanol–water partition coefficient (Wildman–Crippen LogP) is 4.25. The fourth-order valence-electron chi connectivity index (χ4n) is 5.34. The first kappa shape index (κ1) is 31.2. The third-order valence-corrected chi connectivity index (χ3v) is 8.67. The lowest BCUT2D eigenvalue weighted by Crippen LogP contribution is -2.45. The Morgan fingerprint density at radius 3 is 2.51 bits per heavy atom. The van der Waals surface area contributed by atoms with E-state index in [4.69, 9.17) is 47.4 Å². The Labute approximate surface area is 261 Å². The molecule has 43 heavy (non-hydrogen) atoms. The highest BCUT2D eigenvalue weighted by atomic mass is 35.5. The van der Waals surface area contributed by atoms with Crippen molar-refractivity contribution in [2.45, 2.75) is 12.5 Å². The Balaban J connectivity index is 1.49. The molecule has 4 heterocycles. The van der Waals surface area contributed by atoms with Crippen molar-refractivity contribution in [2.24, 2.45) is 5.92 Å². The van der Waals surface area contributed by atoms with E-state index in [0.29, 0.717) is 76.3 Å². The number of fused-ring (bicyclic) bond motifs is 1. The van der Waals surface area contributed by atoms with Crippen LogP contribution in [0.25, 0.3) is 22.2 Å². The van der Waals surface area contributed by atoms with Gasteiger partial charge in [-0.3, -0.25) is 9.69 Å². The van der Waals surface area contributed by atoms with Crippen molar-refractivity contribution in [1.29, 1.82) is 0 Å². The van der Waals surface area contributed by atoms with Gasteiger partial charge in [0, 0.05) is 74.8 Å². The molecule has 230 valence electrons. The minimum Gasteiger partial charge on any atom is -0.495 e. The van der Waals surface area contributed by atoms with Crippen LogP contribution < -0.4 is 20.1 Å². The Morgan fingerprint density at radius 1 is 1.12 bits per heavy atom. The summed E-state index contributed by atoms with van der Waals surface area (Å²) >= 11 is 13.5. The Kier molecular flexibility index (Phi) is 10.2. The molecule has 3 aromatic rings. The predicted molar refractivity (Wildman–Crippen MR) is 170 cm³/mol. The fourth-order valence-corrected chi connectivity index (χ4v) is 6.04. The summed E-state index contributed by atoms with van der Waals surface area (Å²) in [4.78, 5) is 31.2. The molecule has 0 unspecified atom stereocenters. The minimum atomic E-state index is -0.107. The molecule has 2 atom stereocenters. The third-order valence-electron chi connectivity index (χ3n) is 7.92. The quantitative estimate of drug-likeness (QED) is 0.280. The number of nitrogens with zero attached hydrogens (tertiary/aromatic N) is 5. The van der Waals surface area contributed by atoms with Crippen LogP contribution in [0.4, 0.5) is 11.8 Å². The maximum absolute atomic E-state index is 12.0. The first-order chi connectivity index (χ1) is 20.8. The first-order valence-electron chi connectivity index (χ1n) is 14.2. The number of carbonyl (C=O) groups is 1. The lowest BCUT2D eigenvalue weighted by atomic mass is 9.97. The second-order valence-corrected chi connectivity index (χ2v) is 11.5. The number of ketones is 1. The molecule has 1 aromatic carbocycles. The topological polar surface area (TPSA) is 114 Å². The van der Waals surface area contributed by atoms with Gasteiger partial charge in [-0.1, -0.05) is 29.8 Å². The summed E-state index contributed by atoms with van der Waals surface area (Å²) in [7, 11) is 5.21. The van der Waals surface area contributed by atoms with Crippen molar-refractivity contribution in [3.8, 4) is 22.8 Å². The lowest BCUT2D eigenvalue weighted by molar-refractivity contribution is -0.115. The van der Waals surface area contributed by atoms with E-state index >= 15 is 0 Å². The molecular weight excluding hydrogens is 593 g/mol. The van der Waals surface area contributed by atoms with E-state index in [1.54, 1.807) is 12.3 Å². The number of hydrogen-bond acceptors (Lipinski definition) is 11. The number of likely N-dealkylation sites (N-methyl/N-ethyl adjacent to an activating group) is 1. The number of carbonyl (C=O) groups excluding carboxylic acids is 1. The zero-order valence-corrected chi connectivity index (χ0v) is 26.2. The van der Waals surface area contributed by atoms with E-state index in [-0.39, 0.29) is 17.7 Å². The molecule has 0 bridgehead atoms. The van der Waals surface area contributed by atoms with Gasteiger partial charge >= 0.3 is 0 Å². The molecule has 2 aromatic heterocycles. The number of piperazine rings is 1. The molecule has 0 amide bonds. The minimum absolute atomic E-state index is 0.00111. The van der Waals surface area contributed by atoms with Crippen LogP contribution in [0.15, 0.2) is 31.0 Å². The van der Waals surface area contributed by atoms with Crippen molar-refractivity contribution >= 4 is 51.7 Å². The molecule has 0 radical (unpaired) electrons. The van der Waals surface area contributed by atoms with Crippen molar-refractivity contribution in [3.63, 3.8) is 0 Å². The molecule has 2 fully saturated rings. The summed E-state index contributed by atoms with van der Waals surface area (Å²) in [5.74, 6) is 1.82. The first-order valence-corrected chi connectivity index (χ1v) is 15.0. The van der Waals surface area contributed by atoms with Crippen LogP contribution in [0.2, 0.25) is 10.0 Å². The summed E-state index contributed by atoms with van der Waals surface area (Å²) in [5.41, 5.74) is 1.65. The summed E-state index contributed by atoms with van der Waals surface area (Å²) in [6.45, 7) is 10.1. The van der Waals surface area contributed by atoms with Crippen LogP contribution in [0, 0.1) is 5.92 Å². The zero-order chi connectivity index (χ0) is 30.5. The highest BCUT2D eigenvalue weighted by Crippen LogP contribution is 2.46. The molecule has 2 saturated heterocycles. The maximum atomic E-state index is 12.0. The Bertz CT molecular complexity index is 1450. The van der Waals surface area contributed by atoms with Crippen molar-refractivity contribution in [2.75, 3.05) is 84.4 Å². The third kappa shape index (κ3) is 7.13. The van der Waals surface area contributed by atoms with Gasteiger partial charge in [-0.25, -0.2) is 15.0 Å². The van der Waals surface area contributed by atoms with Gasteiger partial charge < -0.3 is 29.7 Å². The van der Waals surface area contributed by atoms with Crippen LogP contribution in [0.1, 0.15) is 6.42 Å². The summed E-state index contributed by atoms with van der Waals surface area (Å²) in [6.07, 6.45) is 3.44. The number of anilines is 2. The standard InChI is InChI=1S/C30H37Cl2N7O4/c1-5-20(40)12-19-16-43-17-22(19)36-30-34-15-18-13-21(25-26(31)23(41-3)14-24(42-4)27(25)32)35-29(28(18)37-30)33-6-7-39-10-8-38(2)9-11-39/h5,13-15,19,22H,1,6-12,16-17H2,2-4H3,(H,33,35)(H,34,36,37)/t19-,22+/m0/s1. The van der Waals surface area contributed by atoms with Crippen LogP contribution in [0.3, 0.4) is 0 Å². The van der Waals surface area contributed by atoms with E-state index in [2.05, 4.69) is 39.0 Å².